The Morgan fingerprint density at radius 2 is 0.589 bits per heavy atom. The van der Waals surface area contributed by atoms with Crippen LogP contribution < -0.4 is 9.80 Å². The number of fused-ring (bicyclic) bond motifs is 13. The molecule has 5 heteroatoms. The fourth-order valence-electron chi connectivity index (χ4n) is 11.4. The van der Waals surface area contributed by atoms with Crippen molar-refractivity contribution < 1.29 is 13.3 Å². The molecular formula is C68H42N2O3. The summed E-state index contributed by atoms with van der Waals surface area (Å²) in [5.41, 5.74) is 14.6. The fourth-order valence-corrected chi connectivity index (χ4v) is 11.4. The van der Waals surface area contributed by atoms with E-state index in [1.165, 1.54) is 0 Å². The molecule has 0 aliphatic rings. The molecule has 0 fully saturated rings. The molecule has 15 aromatic rings. The van der Waals surface area contributed by atoms with Crippen LogP contribution in [0.2, 0.25) is 0 Å². The van der Waals surface area contributed by atoms with E-state index in [4.69, 9.17) is 13.3 Å². The molecule has 0 aliphatic carbocycles. The van der Waals surface area contributed by atoms with Gasteiger partial charge in [-0.25, -0.2) is 0 Å². The van der Waals surface area contributed by atoms with E-state index >= 15 is 0 Å². The molecule has 0 saturated carbocycles. The van der Waals surface area contributed by atoms with E-state index in [0.29, 0.717) is 0 Å². The highest BCUT2D eigenvalue weighted by Crippen LogP contribution is 2.55. The summed E-state index contributed by atoms with van der Waals surface area (Å²) in [5, 5.41) is 10.6. The summed E-state index contributed by atoms with van der Waals surface area (Å²) in [5.74, 6) is 0. The van der Waals surface area contributed by atoms with Crippen LogP contribution in [0, 0.1) is 0 Å². The number of rotatable bonds is 8. The van der Waals surface area contributed by atoms with Gasteiger partial charge in [0, 0.05) is 43.4 Å². The standard InChI is InChI=1S/C68H42N2O3/c1-3-21-43(22-4-1)47-27-11-15-35-55(47)69(57-37-19-33-53-51-31-13-17-39-61(51)71-65(53)57)59-41-45-25-7-9-29-49(45)63-64-50-30-10-8-26-46(50)42-60(68(64)73-67(59)63)70(56-36-16-12-28-48(56)44-23-5-2-6-24-44)58-38-20-34-54-52-32-14-18-40-62(52)72-66(54)58/h1-42H. The van der Waals surface area contributed by atoms with Crippen LogP contribution in [0.1, 0.15) is 0 Å². The van der Waals surface area contributed by atoms with Gasteiger partial charge in [-0.1, -0.05) is 206 Å². The largest absolute Gasteiger partial charge is 0.454 e. The maximum atomic E-state index is 7.87. The van der Waals surface area contributed by atoms with E-state index in [1.807, 2.05) is 12.1 Å². The minimum atomic E-state index is 0.750. The Bertz CT molecular complexity index is 4350. The lowest BCUT2D eigenvalue weighted by molar-refractivity contribution is 0.665. The molecule has 3 aromatic heterocycles. The smallest absolute Gasteiger partial charge is 0.160 e. The summed E-state index contributed by atoms with van der Waals surface area (Å²) in [6, 6.07) is 90.1. The van der Waals surface area contributed by atoms with Gasteiger partial charge in [0.15, 0.2) is 22.3 Å². The summed E-state index contributed by atoms with van der Waals surface area (Å²) in [7, 11) is 0. The Morgan fingerprint density at radius 1 is 0.233 bits per heavy atom. The van der Waals surface area contributed by atoms with Crippen LogP contribution >= 0.6 is 0 Å². The van der Waals surface area contributed by atoms with Crippen molar-refractivity contribution in [3.05, 3.63) is 255 Å². The molecule has 0 unspecified atom stereocenters. The molecule has 12 aromatic carbocycles. The summed E-state index contributed by atoms with van der Waals surface area (Å²) in [6.07, 6.45) is 0. The lowest BCUT2D eigenvalue weighted by atomic mass is 9.96. The predicted molar refractivity (Wildman–Crippen MR) is 304 cm³/mol. The Kier molecular flexibility index (Phi) is 9.19. The first-order valence-electron chi connectivity index (χ1n) is 24.7. The van der Waals surface area contributed by atoms with Gasteiger partial charge in [0.25, 0.3) is 0 Å². The van der Waals surface area contributed by atoms with Crippen molar-refractivity contribution >= 4 is 121 Å². The maximum absolute atomic E-state index is 7.87. The van der Waals surface area contributed by atoms with Crippen LogP contribution in [0.3, 0.4) is 0 Å². The molecule has 3 heterocycles. The highest BCUT2D eigenvalue weighted by atomic mass is 16.3. The van der Waals surface area contributed by atoms with Crippen LogP contribution in [0.4, 0.5) is 34.1 Å². The van der Waals surface area contributed by atoms with Crippen molar-refractivity contribution in [3.8, 4) is 22.3 Å². The van der Waals surface area contributed by atoms with Crippen molar-refractivity contribution in [1.29, 1.82) is 0 Å². The molecule has 0 amide bonds. The molecule has 0 radical (unpaired) electrons. The monoisotopic (exact) mass is 934 g/mol. The van der Waals surface area contributed by atoms with Gasteiger partial charge < -0.3 is 23.1 Å². The second-order valence-electron chi connectivity index (χ2n) is 18.7. The number of hydrogen-bond acceptors (Lipinski definition) is 5. The minimum Gasteiger partial charge on any atom is -0.454 e. The Balaban J connectivity index is 1.11. The lowest BCUT2D eigenvalue weighted by Crippen LogP contribution is -2.12. The highest BCUT2D eigenvalue weighted by Gasteiger charge is 2.31. The molecule has 0 bridgehead atoms. The van der Waals surface area contributed by atoms with Crippen LogP contribution in [0.5, 0.6) is 0 Å². The number of anilines is 6. The molecule has 0 aliphatic heterocycles. The zero-order valence-electron chi connectivity index (χ0n) is 39.4. The van der Waals surface area contributed by atoms with Crippen molar-refractivity contribution in [3.63, 3.8) is 0 Å². The predicted octanol–water partition coefficient (Wildman–Crippen LogP) is 20.0. The molecule has 5 nitrogen and oxygen atoms in total. The lowest BCUT2D eigenvalue weighted by Gasteiger charge is -2.28. The maximum Gasteiger partial charge on any atom is 0.160 e. The van der Waals surface area contributed by atoms with Crippen molar-refractivity contribution in [2.24, 2.45) is 0 Å². The summed E-state index contributed by atoms with van der Waals surface area (Å²) in [6.45, 7) is 0. The number of benzene rings is 12. The van der Waals surface area contributed by atoms with Gasteiger partial charge in [-0.3, -0.25) is 0 Å². The number of furan rings is 3. The van der Waals surface area contributed by atoms with Gasteiger partial charge in [0.05, 0.1) is 34.1 Å². The van der Waals surface area contributed by atoms with E-state index < -0.39 is 0 Å². The average Bonchev–Trinajstić information content (AvgIpc) is 4.18. The van der Waals surface area contributed by atoms with Gasteiger partial charge in [0.2, 0.25) is 0 Å². The van der Waals surface area contributed by atoms with E-state index in [1.54, 1.807) is 0 Å². The second kappa shape index (κ2) is 16.4. The van der Waals surface area contributed by atoms with Gasteiger partial charge in [-0.2, -0.15) is 0 Å². The molecule has 0 saturated heterocycles. The first-order valence-corrected chi connectivity index (χ1v) is 24.7. The summed E-state index contributed by atoms with van der Waals surface area (Å²) in [4.78, 5) is 4.73. The molecule has 0 N–H and O–H groups in total. The first-order chi connectivity index (χ1) is 36.2. The number of para-hydroxylation sites is 6. The SMILES string of the molecule is c1ccc(-c2ccccc2N(c2cccc3c2oc2ccccc23)c2cc3ccccc3c3c2oc2c(N(c4ccccc4-c4ccccc4)c4cccc5c4oc4ccccc45)cc4ccccc4c23)cc1. The van der Waals surface area contributed by atoms with E-state index in [2.05, 4.69) is 252 Å². The fraction of sp³-hybridized carbons (Fsp3) is 0. The molecule has 0 spiro atoms. The van der Waals surface area contributed by atoms with E-state index in [9.17, 15) is 0 Å². The Hall–Kier alpha value is -9.84. The third-order valence-corrected chi connectivity index (χ3v) is 14.6. The zero-order valence-corrected chi connectivity index (χ0v) is 39.4. The highest BCUT2D eigenvalue weighted by molar-refractivity contribution is 6.32. The quantitative estimate of drug-likeness (QED) is 0.152. The molecule has 73 heavy (non-hydrogen) atoms. The van der Waals surface area contributed by atoms with Gasteiger partial charge >= 0.3 is 0 Å². The third kappa shape index (κ3) is 6.35. The molecule has 0 atom stereocenters. The van der Waals surface area contributed by atoms with Crippen molar-refractivity contribution in [1.82, 2.24) is 0 Å². The Labute approximate surface area is 419 Å². The number of nitrogens with zero attached hydrogens (tertiary/aromatic N) is 2. The van der Waals surface area contributed by atoms with Crippen LogP contribution in [-0.2, 0) is 0 Å². The first kappa shape index (κ1) is 41.0. The van der Waals surface area contributed by atoms with Crippen molar-refractivity contribution in [2.45, 2.75) is 0 Å². The zero-order chi connectivity index (χ0) is 48.0. The molecular weight excluding hydrogens is 893 g/mol. The topological polar surface area (TPSA) is 45.9 Å². The van der Waals surface area contributed by atoms with Gasteiger partial charge in [0.1, 0.15) is 11.2 Å². The van der Waals surface area contributed by atoms with Gasteiger partial charge in [-0.05, 0) is 81.2 Å². The molecule has 342 valence electrons. The average molecular weight is 935 g/mol. The minimum absolute atomic E-state index is 0.750. The summed E-state index contributed by atoms with van der Waals surface area (Å²) >= 11 is 0. The van der Waals surface area contributed by atoms with Crippen LogP contribution in [-0.4, -0.2) is 0 Å². The Morgan fingerprint density at radius 3 is 1.05 bits per heavy atom. The second-order valence-corrected chi connectivity index (χ2v) is 18.7. The van der Waals surface area contributed by atoms with Crippen LogP contribution in [0.25, 0.3) is 110 Å². The third-order valence-electron chi connectivity index (χ3n) is 14.6. The summed E-state index contributed by atoms with van der Waals surface area (Å²) < 4.78 is 21.7. The number of hydrogen-bond donors (Lipinski definition) is 0. The van der Waals surface area contributed by atoms with Gasteiger partial charge in [-0.15, -0.1) is 0 Å². The van der Waals surface area contributed by atoms with E-state index in [-0.39, 0.29) is 0 Å². The molecule has 15 rings (SSSR count). The van der Waals surface area contributed by atoms with Crippen LogP contribution in [0.15, 0.2) is 268 Å². The van der Waals surface area contributed by atoms with E-state index in [0.717, 1.165) is 144 Å². The van der Waals surface area contributed by atoms with Crippen molar-refractivity contribution in [2.75, 3.05) is 9.80 Å². The normalized spacial score (nSPS) is 11.8.